The number of hydrogen-bond donors (Lipinski definition) is 1. The Labute approximate surface area is 90.9 Å². The Kier molecular flexibility index (Phi) is 2.45. The van der Waals surface area contributed by atoms with E-state index in [-0.39, 0.29) is 5.43 Å². The number of pyridine rings is 1. The van der Waals surface area contributed by atoms with E-state index >= 15 is 0 Å². The molecule has 0 fully saturated rings. The van der Waals surface area contributed by atoms with Crippen molar-refractivity contribution in [3.8, 4) is 0 Å². The molecule has 0 amide bonds. The molecule has 0 radical (unpaired) electrons. The smallest absolute Gasteiger partial charge is 0.198 e. The molecule has 0 unspecified atom stereocenters. The number of fused-ring (bicyclic) bond motifs is 1. The molecule has 2 nitrogen and oxygen atoms in total. The number of aromatic amines is 1. The second kappa shape index (κ2) is 3.44. The van der Waals surface area contributed by atoms with Crippen LogP contribution in [0.4, 0.5) is 0 Å². The molecule has 1 heterocycles. The van der Waals surface area contributed by atoms with E-state index in [4.69, 9.17) is 0 Å². The van der Waals surface area contributed by atoms with E-state index in [1.165, 1.54) is 12.1 Å². The lowest BCUT2D eigenvalue weighted by atomic mass is 9.95. The summed E-state index contributed by atoms with van der Waals surface area (Å²) < 4.78 is 0.859. The maximum atomic E-state index is 11.8. The van der Waals surface area contributed by atoms with Crippen LogP contribution < -0.4 is 5.43 Å². The predicted molar refractivity (Wildman–Crippen MR) is 61.2 cm³/mol. The number of halogens is 1. The van der Waals surface area contributed by atoms with E-state index in [1.807, 2.05) is 6.92 Å². The van der Waals surface area contributed by atoms with Crippen LogP contribution in [-0.4, -0.2) is 4.98 Å². The van der Waals surface area contributed by atoms with Gasteiger partial charge >= 0.3 is 0 Å². The Balaban J connectivity index is 2.68. The highest BCUT2D eigenvalue weighted by Gasteiger charge is 2.15. The van der Waals surface area contributed by atoms with E-state index < -0.39 is 0 Å². The molecule has 1 N–H and O–H groups in total. The van der Waals surface area contributed by atoms with Gasteiger partial charge < -0.3 is 4.98 Å². The second-order valence-corrected chi connectivity index (χ2v) is 4.64. The van der Waals surface area contributed by atoms with Crippen molar-refractivity contribution in [3.63, 3.8) is 0 Å². The Morgan fingerprint density at radius 2 is 2.00 bits per heavy atom. The molecular formula is C10H12INO. The van der Waals surface area contributed by atoms with Crippen LogP contribution in [0.3, 0.4) is 0 Å². The van der Waals surface area contributed by atoms with E-state index in [1.54, 1.807) is 0 Å². The molecule has 0 aromatic carbocycles. The Morgan fingerprint density at radius 1 is 1.31 bits per heavy atom. The zero-order valence-corrected chi connectivity index (χ0v) is 9.77. The maximum Gasteiger partial charge on any atom is 0.198 e. The maximum absolute atomic E-state index is 11.8. The molecule has 0 bridgehead atoms. The molecule has 1 aromatic rings. The van der Waals surface area contributed by atoms with E-state index in [0.29, 0.717) is 0 Å². The highest BCUT2D eigenvalue weighted by atomic mass is 127. The SMILES string of the molecule is Cc1[nH]c2c(c(=O)c1I)CCCC2. The normalized spacial score (nSPS) is 15.5. The van der Waals surface area contributed by atoms with Crippen LogP contribution in [0, 0.1) is 10.5 Å². The topological polar surface area (TPSA) is 32.9 Å². The van der Waals surface area contributed by atoms with E-state index in [0.717, 1.165) is 34.1 Å². The van der Waals surface area contributed by atoms with Gasteiger partial charge in [-0.05, 0) is 55.2 Å². The van der Waals surface area contributed by atoms with Crippen molar-refractivity contribution in [3.05, 3.63) is 30.7 Å². The largest absolute Gasteiger partial charge is 0.361 e. The highest BCUT2D eigenvalue weighted by Crippen LogP contribution is 2.18. The lowest BCUT2D eigenvalue weighted by Crippen LogP contribution is -2.21. The summed E-state index contributed by atoms with van der Waals surface area (Å²) in [4.78, 5) is 15.1. The molecule has 13 heavy (non-hydrogen) atoms. The first-order valence-electron chi connectivity index (χ1n) is 4.60. The number of rotatable bonds is 0. The summed E-state index contributed by atoms with van der Waals surface area (Å²) in [5.41, 5.74) is 3.48. The van der Waals surface area contributed by atoms with E-state index in [2.05, 4.69) is 27.6 Å². The van der Waals surface area contributed by atoms with Crippen molar-refractivity contribution in [1.82, 2.24) is 4.98 Å². The van der Waals surface area contributed by atoms with Gasteiger partial charge in [0.05, 0.1) is 3.57 Å². The summed E-state index contributed by atoms with van der Waals surface area (Å²) in [7, 11) is 0. The molecule has 0 saturated heterocycles. The molecular weight excluding hydrogens is 277 g/mol. The van der Waals surface area contributed by atoms with Gasteiger partial charge in [0.25, 0.3) is 0 Å². The minimum absolute atomic E-state index is 0.256. The fourth-order valence-electron chi connectivity index (χ4n) is 1.88. The van der Waals surface area contributed by atoms with Gasteiger partial charge in [-0.25, -0.2) is 0 Å². The summed E-state index contributed by atoms with van der Waals surface area (Å²) in [6.45, 7) is 1.97. The standard InChI is InChI=1S/C10H12INO/c1-6-9(11)10(13)7-4-2-3-5-8(7)12-6/h2-5H2,1H3,(H,12,13). The van der Waals surface area contributed by atoms with Crippen LogP contribution in [0.25, 0.3) is 0 Å². The minimum Gasteiger partial charge on any atom is -0.361 e. The molecule has 70 valence electrons. The van der Waals surface area contributed by atoms with Gasteiger partial charge in [0.15, 0.2) is 5.43 Å². The molecule has 1 aliphatic rings. The Bertz CT molecular complexity index is 395. The van der Waals surface area contributed by atoms with Crippen LogP contribution >= 0.6 is 22.6 Å². The third kappa shape index (κ3) is 1.54. The van der Waals surface area contributed by atoms with Crippen molar-refractivity contribution < 1.29 is 0 Å². The molecule has 1 aliphatic carbocycles. The van der Waals surface area contributed by atoms with Gasteiger partial charge in [0.1, 0.15) is 0 Å². The highest BCUT2D eigenvalue weighted by molar-refractivity contribution is 14.1. The first-order chi connectivity index (χ1) is 6.20. The van der Waals surface area contributed by atoms with Crippen molar-refractivity contribution >= 4 is 22.6 Å². The number of aromatic nitrogens is 1. The van der Waals surface area contributed by atoms with Gasteiger partial charge in [-0.1, -0.05) is 0 Å². The Morgan fingerprint density at radius 3 is 2.77 bits per heavy atom. The van der Waals surface area contributed by atoms with E-state index in [9.17, 15) is 4.79 Å². The summed E-state index contributed by atoms with van der Waals surface area (Å²) >= 11 is 2.13. The van der Waals surface area contributed by atoms with Gasteiger partial charge in [-0.15, -0.1) is 0 Å². The molecule has 3 heteroatoms. The number of aryl methyl sites for hydroxylation is 2. The van der Waals surface area contributed by atoms with Crippen LogP contribution in [0.5, 0.6) is 0 Å². The number of H-pyrrole nitrogens is 1. The zero-order chi connectivity index (χ0) is 9.42. The molecule has 0 saturated carbocycles. The Hall–Kier alpha value is -0.320. The quantitative estimate of drug-likeness (QED) is 0.729. The minimum atomic E-state index is 0.256. The van der Waals surface area contributed by atoms with Gasteiger partial charge in [0, 0.05) is 17.0 Å². The van der Waals surface area contributed by atoms with Crippen molar-refractivity contribution in [2.75, 3.05) is 0 Å². The third-order valence-electron chi connectivity index (χ3n) is 2.61. The zero-order valence-electron chi connectivity index (χ0n) is 7.61. The molecule has 0 aliphatic heterocycles. The van der Waals surface area contributed by atoms with Gasteiger partial charge in [0.2, 0.25) is 0 Å². The average Bonchev–Trinajstić information content (AvgIpc) is 2.15. The summed E-state index contributed by atoms with van der Waals surface area (Å²) in [6.07, 6.45) is 4.38. The van der Waals surface area contributed by atoms with Crippen LogP contribution in [0.15, 0.2) is 4.79 Å². The van der Waals surface area contributed by atoms with Crippen LogP contribution in [0.2, 0.25) is 0 Å². The molecule has 0 atom stereocenters. The van der Waals surface area contributed by atoms with Crippen LogP contribution in [-0.2, 0) is 12.8 Å². The van der Waals surface area contributed by atoms with Crippen molar-refractivity contribution in [1.29, 1.82) is 0 Å². The average molecular weight is 289 g/mol. The van der Waals surface area contributed by atoms with Crippen molar-refractivity contribution in [2.45, 2.75) is 32.6 Å². The van der Waals surface area contributed by atoms with Gasteiger partial charge in [-0.2, -0.15) is 0 Å². The lowest BCUT2D eigenvalue weighted by Gasteiger charge is -2.16. The second-order valence-electron chi connectivity index (χ2n) is 3.56. The summed E-state index contributed by atoms with van der Waals surface area (Å²) in [5, 5.41) is 0. The lowest BCUT2D eigenvalue weighted by molar-refractivity contribution is 0.660. The van der Waals surface area contributed by atoms with Crippen molar-refractivity contribution in [2.24, 2.45) is 0 Å². The summed E-state index contributed by atoms with van der Waals surface area (Å²) in [5.74, 6) is 0. The fraction of sp³-hybridized carbons (Fsp3) is 0.500. The molecule has 2 rings (SSSR count). The monoisotopic (exact) mass is 289 g/mol. The number of nitrogens with one attached hydrogen (secondary N) is 1. The first-order valence-corrected chi connectivity index (χ1v) is 5.68. The predicted octanol–water partition coefficient (Wildman–Crippen LogP) is 2.17. The third-order valence-corrected chi connectivity index (χ3v) is 3.91. The number of hydrogen-bond acceptors (Lipinski definition) is 1. The summed E-state index contributed by atoms with van der Waals surface area (Å²) in [6, 6.07) is 0. The fourth-order valence-corrected chi connectivity index (χ4v) is 2.34. The molecule has 1 aromatic heterocycles. The van der Waals surface area contributed by atoms with Gasteiger partial charge in [-0.3, -0.25) is 4.79 Å². The van der Waals surface area contributed by atoms with Crippen LogP contribution in [0.1, 0.15) is 29.8 Å². The first kappa shape index (κ1) is 9.24. The molecule has 0 spiro atoms.